The summed E-state index contributed by atoms with van der Waals surface area (Å²) in [6, 6.07) is 7.38. The van der Waals surface area contributed by atoms with Crippen molar-refractivity contribution < 1.29 is 9.59 Å². The van der Waals surface area contributed by atoms with Gasteiger partial charge in [-0.2, -0.15) is 0 Å². The number of piperidine rings is 1. The molecule has 2 atom stereocenters. The number of hydrogen-bond donors (Lipinski definition) is 1. The summed E-state index contributed by atoms with van der Waals surface area (Å²) in [5.74, 6) is 0.884. The molecule has 0 radical (unpaired) electrons. The Kier molecular flexibility index (Phi) is 4.99. The van der Waals surface area contributed by atoms with Crippen molar-refractivity contribution in [1.29, 1.82) is 0 Å². The van der Waals surface area contributed by atoms with E-state index in [2.05, 4.69) is 19.2 Å². The maximum atomic E-state index is 12.2. The minimum Gasteiger partial charge on any atom is -0.343 e. The third-order valence-electron chi connectivity index (χ3n) is 3.90. The molecule has 1 aromatic rings. The van der Waals surface area contributed by atoms with Gasteiger partial charge in [0.05, 0.1) is 6.54 Å². The second-order valence-electron chi connectivity index (χ2n) is 6.30. The van der Waals surface area contributed by atoms with E-state index < -0.39 is 0 Å². The summed E-state index contributed by atoms with van der Waals surface area (Å²) in [5.41, 5.74) is 1.64. The zero-order valence-corrected chi connectivity index (χ0v) is 13.1. The Labute approximate surface area is 126 Å². The molecule has 1 aliphatic heterocycles. The molecular weight excluding hydrogens is 264 g/mol. The van der Waals surface area contributed by atoms with Gasteiger partial charge in [0.1, 0.15) is 0 Å². The maximum absolute atomic E-state index is 12.2. The lowest BCUT2D eigenvalue weighted by Crippen LogP contribution is -2.46. The Morgan fingerprint density at radius 1 is 1.24 bits per heavy atom. The molecule has 0 aromatic heterocycles. The van der Waals surface area contributed by atoms with E-state index in [1.807, 2.05) is 30.0 Å². The number of rotatable bonds is 3. The van der Waals surface area contributed by atoms with Gasteiger partial charge in [0.15, 0.2) is 0 Å². The topological polar surface area (TPSA) is 49.4 Å². The smallest absolute Gasteiger partial charge is 0.251 e. The molecule has 2 rings (SSSR count). The Morgan fingerprint density at radius 2 is 1.90 bits per heavy atom. The molecular formula is C17H24N2O2. The van der Waals surface area contributed by atoms with Crippen molar-refractivity contribution in [3.05, 3.63) is 35.4 Å². The van der Waals surface area contributed by atoms with Crippen LogP contribution in [0, 0.1) is 18.8 Å². The molecule has 1 aromatic carbocycles. The van der Waals surface area contributed by atoms with Gasteiger partial charge in [-0.15, -0.1) is 0 Å². The lowest BCUT2D eigenvalue weighted by atomic mass is 9.92. The van der Waals surface area contributed by atoms with Crippen molar-refractivity contribution in [1.82, 2.24) is 10.2 Å². The van der Waals surface area contributed by atoms with Crippen LogP contribution >= 0.6 is 0 Å². The zero-order chi connectivity index (χ0) is 15.4. The molecule has 0 aliphatic carbocycles. The summed E-state index contributed by atoms with van der Waals surface area (Å²) >= 11 is 0. The van der Waals surface area contributed by atoms with E-state index in [9.17, 15) is 9.59 Å². The molecule has 1 aliphatic rings. The molecule has 4 nitrogen and oxygen atoms in total. The van der Waals surface area contributed by atoms with E-state index in [4.69, 9.17) is 0 Å². The van der Waals surface area contributed by atoms with Gasteiger partial charge in [0, 0.05) is 18.7 Å². The number of aryl methyl sites for hydroxylation is 1. The van der Waals surface area contributed by atoms with Crippen LogP contribution in [-0.4, -0.2) is 36.3 Å². The summed E-state index contributed by atoms with van der Waals surface area (Å²) in [6.45, 7) is 7.94. The first-order chi connectivity index (χ1) is 9.95. The maximum Gasteiger partial charge on any atom is 0.251 e. The molecule has 1 fully saturated rings. The van der Waals surface area contributed by atoms with Crippen LogP contribution in [0.1, 0.15) is 36.2 Å². The summed E-state index contributed by atoms with van der Waals surface area (Å²) < 4.78 is 0. The van der Waals surface area contributed by atoms with Gasteiger partial charge in [-0.1, -0.05) is 31.5 Å². The average Bonchev–Trinajstić information content (AvgIpc) is 2.43. The number of carbonyl (C=O) groups is 2. The minimum absolute atomic E-state index is 0.00871. The molecule has 1 N–H and O–H groups in total. The first-order valence-electron chi connectivity index (χ1n) is 7.58. The van der Waals surface area contributed by atoms with Crippen molar-refractivity contribution in [3.8, 4) is 0 Å². The van der Waals surface area contributed by atoms with Crippen molar-refractivity contribution in [2.45, 2.75) is 27.2 Å². The fourth-order valence-electron chi connectivity index (χ4n) is 3.02. The summed E-state index contributed by atoms with van der Waals surface area (Å²) in [7, 11) is 0. The normalized spacial score (nSPS) is 22.0. The summed E-state index contributed by atoms with van der Waals surface area (Å²) in [6.07, 6.45) is 1.17. The fraction of sp³-hybridized carbons (Fsp3) is 0.529. The van der Waals surface area contributed by atoms with E-state index in [1.165, 1.54) is 6.42 Å². The molecule has 21 heavy (non-hydrogen) atoms. The quantitative estimate of drug-likeness (QED) is 0.927. The van der Waals surface area contributed by atoms with Crippen molar-refractivity contribution in [2.75, 3.05) is 19.6 Å². The van der Waals surface area contributed by atoms with Gasteiger partial charge >= 0.3 is 0 Å². The fourth-order valence-corrected chi connectivity index (χ4v) is 3.02. The average molecular weight is 288 g/mol. The summed E-state index contributed by atoms with van der Waals surface area (Å²) in [5, 5.41) is 2.72. The van der Waals surface area contributed by atoms with E-state index in [-0.39, 0.29) is 18.4 Å². The van der Waals surface area contributed by atoms with Crippen LogP contribution in [0.5, 0.6) is 0 Å². The minimum atomic E-state index is -0.190. The van der Waals surface area contributed by atoms with Crippen LogP contribution in [0.2, 0.25) is 0 Å². The van der Waals surface area contributed by atoms with E-state index in [1.54, 1.807) is 6.07 Å². The van der Waals surface area contributed by atoms with Crippen molar-refractivity contribution >= 4 is 11.8 Å². The molecule has 1 heterocycles. The van der Waals surface area contributed by atoms with Crippen LogP contribution < -0.4 is 5.32 Å². The Hall–Kier alpha value is -1.84. The number of amides is 2. The third-order valence-corrected chi connectivity index (χ3v) is 3.90. The van der Waals surface area contributed by atoms with Gasteiger partial charge in [-0.3, -0.25) is 9.59 Å². The highest BCUT2D eigenvalue weighted by atomic mass is 16.2. The van der Waals surface area contributed by atoms with Gasteiger partial charge in [-0.25, -0.2) is 0 Å². The van der Waals surface area contributed by atoms with Gasteiger partial charge in [-0.05, 0) is 37.3 Å². The van der Waals surface area contributed by atoms with E-state index in [0.29, 0.717) is 17.4 Å². The standard InChI is InChI=1S/C17H24N2O2/c1-12-5-4-6-15(8-12)17(21)18-9-16(20)19-10-13(2)7-14(3)11-19/h4-6,8,13-14H,7,9-11H2,1-3H3,(H,18,21). The molecule has 0 saturated carbocycles. The first-order valence-corrected chi connectivity index (χ1v) is 7.58. The number of nitrogens with zero attached hydrogens (tertiary/aromatic N) is 1. The van der Waals surface area contributed by atoms with Crippen LogP contribution in [0.3, 0.4) is 0 Å². The van der Waals surface area contributed by atoms with E-state index >= 15 is 0 Å². The molecule has 2 unspecified atom stereocenters. The number of hydrogen-bond acceptors (Lipinski definition) is 2. The largest absolute Gasteiger partial charge is 0.343 e. The number of likely N-dealkylation sites (tertiary alicyclic amines) is 1. The lowest BCUT2D eigenvalue weighted by Gasteiger charge is -2.35. The van der Waals surface area contributed by atoms with Crippen LogP contribution in [0.15, 0.2) is 24.3 Å². The number of nitrogens with one attached hydrogen (secondary N) is 1. The second kappa shape index (κ2) is 6.74. The first kappa shape index (κ1) is 15.5. The Morgan fingerprint density at radius 3 is 2.52 bits per heavy atom. The highest BCUT2D eigenvalue weighted by Crippen LogP contribution is 2.20. The van der Waals surface area contributed by atoms with E-state index in [0.717, 1.165) is 18.7 Å². The SMILES string of the molecule is Cc1cccc(C(=O)NCC(=O)N2CC(C)CC(C)C2)c1. The predicted octanol–water partition coefficient (Wildman–Crippen LogP) is 2.23. The van der Waals surface area contributed by atoms with Gasteiger partial charge in [0.25, 0.3) is 5.91 Å². The second-order valence-corrected chi connectivity index (χ2v) is 6.30. The Bertz CT molecular complexity index is 517. The molecule has 4 heteroatoms. The van der Waals surface area contributed by atoms with Crippen LogP contribution in [0.4, 0.5) is 0 Å². The third kappa shape index (κ3) is 4.31. The van der Waals surface area contributed by atoms with Gasteiger partial charge in [0.2, 0.25) is 5.91 Å². The van der Waals surface area contributed by atoms with Crippen molar-refractivity contribution in [3.63, 3.8) is 0 Å². The number of benzene rings is 1. The highest BCUT2D eigenvalue weighted by molar-refractivity contribution is 5.96. The molecule has 0 bridgehead atoms. The monoisotopic (exact) mass is 288 g/mol. The Balaban J connectivity index is 1.87. The van der Waals surface area contributed by atoms with Crippen molar-refractivity contribution in [2.24, 2.45) is 11.8 Å². The predicted molar refractivity (Wildman–Crippen MR) is 83.0 cm³/mol. The number of carbonyl (C=O) groups excluding carboxylic acids is 2. The molecule has 1 saturated heterocycles. The molecule has 0 spiro atoms. The van der Waals surface area contributed by atoms with Gasteiger partial charge < -0.3 is 10.2 Å². The molecule has 2 amide bonds. The molecule has 114 valence electrons. The highest BCUT2D eigenvalue weighted by Gasteiger charge is 2.25. The lowest BCUT2D eigenvalue weighted by molar-refractivity contribution is -0.132. The van der Waals surface area contributed by atoms with Crippen LogP contribution in [-0.2, 0) is 4.79 Å². The summed E-state index contributed by atoms with van der Waals surface area (Å²) in [4.78, 5) is 26.1. The van der Waals surface area contributed by atoms with Crippen LogP contribution in [0.25, 0.3) is 0 Å². The zero-order valence-electron chi connectivity index (χ0n) is 13.1.